The summed E-state index contributed by atoms with van der Waals surface area (Å²) in [5.74, 6) is -2.57. The van der Waals surface area contributed by atoms with E-state index in [1.54, 1.807) is 12.1 Å². The Balaban J connectivity index is 0.000000209. The maximum atomic E-state index is 14.3. The Morgan fingerprint density at radius 3 is 1.54 bits per heavy atom. The summed E-state index contributed by atoms with van der Waals surface area (Å²) < 4.78 is 30.5. The van der Waals surface area contributed by atoms with Crippen molar-refractivity contribution in [2.24, 2.45) is 5.73 Å². The summed E-state index contributed by atoms with van der Waals surface area (Å²) in [4.78, 5) is 30.9. The van der Waals surface area contributed by atoms with Gasteiger partial charge in [0, 0.05) is 6.04 Å². The van der Waals surface area contributed by atoms with Crippen LogP contribution in [0.25, 0.3) is 22.1 Å². The first-order valence-electron chi connectivity index (χ1n) is 17.7. The van der Waals surface area contributed by atoms with Gasteiger partial charge in [0.25, 0.3) is 0 Å². The number of nitrogens with zero attached hydrogens (tertiary/aromatic N) is 6. The summed E-state index contributed by atoms with van der Waals surface area (Å²) in [6.07, 6.45) is 2.70. The lowest BCUT2D eigenvalue weighted by Crippen LogP contribution is -2.30. The molecule has 0 bridgehead atoms. The molecule has 0 spiro atoms. The van der Waals surface area contributed by atoms with Crippen molar-refractivity contribution >= 4 is 57.1 Å². The van der Waals surface area contributed by atoms with E-state index in [2.05, 4.69) is 27.4 Å². The van der Waals surface area contributed by atoms with E-state index in [1.807, 2.05) is 90.1 Å². The van der Waals surface area contributed by atoms with Crippen LogP contribution < -0.4 is 11.1 Å². The standard InChI is InChI=1S/C21H20ClFN4O.C12H16N2.C9H6ClFN2O2/c1-13(14-4-6-15(7-5-14)21(2,3)11-24)26-18(28)10-27-12-25-17-9-8-16(22)19(23)20(17)27;1-9(14)10-4-6-11(7-5-10)12(2,3)8-13;10-5-1-2-6-9(8(5)11)13(4-12-6)3-7(14)15/h4-9,12-13H,10H2,1-3H3,(H,26,28);4-7,9H,14H2,1-3H3;1-2,4H,3H2,(H,14,15)/t13-;9-;/m00./s1. The third-order valence-corrected chi connectivity index (χ3v) is 9.77. The predicted octanol–water partition coefficient (Wildman–Crippen LogP) is 8.93. The molecule has 2 atom stereocenters. The summed E-state index contributed by atoms with van der Waals surface area (Å²) in [5.41, 5.74) is 9.86. The SMILES string of the molecule is C[C@H](N)c1ccc(C(C)(C)C#N)cc1.C[C@H](NC(=O)Cn1cnc2ccc(Cl)c(F)c21)c1ccc(C(C)(C)C#N)cc1.O=C(O)Cn1cnc2ccc(Cl)c(F)c21. The molecular weight excluding hydrogens is 773 g/mol. The van der Waals surface area contributed by atoms with Crippen LogP contribution >= 0.6 is 23.2 Å². The van der Waals surface area contributed by atoms with Crippen molar-refractivity contribution in [2.75, 3.05) is 0 Å². The monoisotopic (exact) mass is 814 g/mol. The molecule has 15 heteroatoms. The Labute approximate surface area is 339 Å². The van der Waals surface area contributed by atoms with Crippen molar-refractivity contribution in [1.82, 2.24) is 24.4 Å². The van der Waals surface area contributed by atoms with Gasteiger partial charge in [0.2, 0.25) is 5.91 Å². The van der Waals surface area contributed by atoms with Crippen LogP contribution in [0, 0.1) is 34.3 Å². The molecule has 1 amide bonds. The van der Waals surface area contributed by atoms with Gasteiger partial charge in [0.1, 0.15) is 24.1 Å². The third kappa shape index (κ3) is 10.7. The second-order valence-corrected chi connectivity index (χ2v) is 15.2. The lowest BCUT2D eigenvalue weighted by atomic mass is 9.85. The second-order valence-electron chi connectivity index (χ2n) is 14.4. The largest absolute Gasteiger partial charge is 0.480 e. The van der Waals surface area contributed by atoms with E-state index in [1.165, 1.54) is 33.9 Å². The summed E-state index contributed by atoms with van der Waals surface area (Å²) in [7, 11) is 0. The van der Waals surface area contributed by atoms with Gasteiger partial charge in [-0.25, -0.2) is 18.7 Å². The number of carbonyl (C=O) groups excluding carboxylic acids is 1. The molecule has 0 aliphatic heterocycles. The van der Waals surface area contributed by atoms with Gasteiger partial charge < -0.3 is 25.3 Å². The first kappa shape index (κ1) is 43.9. The van der Waals surface area contributed by atoms with Crippen LogP contribution in [0.3, 0.4) is 0 Å². The molecular formula is C42H42Cl2F2N8O3. The summed E-state index contributed by atoms with van der Waals surface area (Å²) >= 11 is 11.4. The summed E-state index contributed by atoms with van der Waals surface area (Å²) in [6.45, 7) is 10.9. The molecule has 0 saturated heterocycles. The minimum Gasteiger partial charge on any atom is -0.480 e. The number of hydrogen-bond acceptors (Lipinski definition) is 7. The average Bonchev–Trinajstić information content (AvgIpc) is 3.79. The molecule has 0 radical (unpaired) electrons. The number of nitrogens with one attached hydrogen (secondary N) is 1. The van der Waals surface area contributed by atoms with Gasteiger partial charge in [-0.15, -0.1) is 0 Å². The topological polar surface area (TPSA) is 176 Å². The highest BCUT2D eigenvalue weighted by Crippen LogP contribution is 2.27. The number of benzene rings is 4. The van der Waals surface area contributed by atoms with Gasteiger partial charge in [0.05, 0.1) is 62.7 Å². The highest BCUT2D eigenvalue weighted by molar-refractivity contribution is 6.31. The summed E-state index contributed by atoms with van der Waals surface area (Å²) in [6, 6.07) is 25.8. The number of amides is 1. The fourth-order valence-electron chi connectivity index (χ4n) is 5.63. The van der Waals surface area contributed by atoms with Gasteiger partial charge in [-0.05, 0) is 88.1 Å². The highest BCUT2D eigenvalue weighted by atomic mass is 35.5. The van der Waals surface area contributed by atoms with Gasteiger partial charge >= 0.3 is 5.97 Å². The molecule has 57 heavy (non-hydrogen) atoms. The number of nitrogens with two attached hydrogens (primary N) is 1. The molecule has 0 aliphatic carbocycles. The molecule has 6 rings (SSSR count). The average molecular weight is 816 g/mol. The number of aliphatic carboxylic acids is 1. The number of imidazole rings is 2. The molecule has 4 N–H and O–H groups in total. The third-order valence-electron chi connectivity index (χ3n) is 9.19. The Morgan fingerprint density at radius 1 is 0.754 bits per heavy atom. The van der Waals surface area contributed by atoms with Crippen molar-refractivity contribution < 1.29 is 23.5 Å². The number of fused-ring (bicyclic) bond motifs is 2. The van der Waals surface area contributed by atoms with Gasteiger partial charge in [0.15, 0.2) is 11.6 Å². The van der Waals surface area contributed by atoms with Crippen LogP contribution in [0.2, 0.25) is 10.0 Å². The number of nitriles is 2. The van der Waals surface area contributed by atoms with E-state index in [9.17, 15) is 23.6 Å². The van der Waals surface area contributed by atoms with Crippen LogP contribution in [0.4, 0.5) is 8.78 Å². The maximum Gasteiger partial charge on any atom is 0.323 e. The fourth-order valence-corrected chi connectivity index (χ4v) is 5.93. The van der Waals surface area contributed by atoms with Crippen molar-refractivity contribution in [2.45, 2.75) is 77.5 Å². The van der Waals surface area contributed by atoms with Crippen molar-refractivity contribution in [3.8, 4) is 12.1 Å². The minimum absolute atomic E-state index is 0.0107. The number of carbonyl (C=O) groups is 2. The van der Waals surface area contributed by atoms with Crippen LogP contribution in [-0.2, 0) is 33.5 Å². The fraction of sp³-hybridized carbons (Fsp3) is 0.286. The molecule has 4 aromatic carbocycles. The number of halogens is 4. The van der Waals surface area contributed by atoms with Crippen LogP contribution in [0.5, 0.6) is 0 Å². The molecule has 2 heterocycles. The van der Waals surface area contributed by atoms with Gasteiger partial charge in [-0.3, -0.25) is 9.59 Å². The van der Waals surface area contributed by atoms with Crippen molar-refractivity contribution in [1.29, 1.82) is 10.5 Å². The van der Waals surface area contributed by atoms with Crippen molar-refractivity contribution in [3.63, 3.8) is 0 Å². The molecule has 11 nitrogen and oxygen atoms in total. The molecule has 0 aliphatic rings. The number of aromatic nitrogens is 4. The number of hydrogen-bond donors (Lipinski definition) is 3. The Bertz CT molecular complexity index is 2460. The van der Waals surface area contributed by atoms with Gasteiger partial charge in [-0.2, -0.15) is 10.5 Å². The maximum absolute atomic E-state index is 14.3. The van der Waals surface area contributed by atoms with Gasteiger partial charge in [-0.1, -0.05) is 71.7 Å². The molecule has 0 unspecified atom stereocenters. The first-order chi connectivity index (χ1) is 26.8. The number of carboxylic acid groups (broad SMARTS) is 1. The Hall–Kier alpha value is -5.86. The Morgan fingerprint density at radius 2 is 1.16 bits per heavy atom. The van der Waals surface area contributed by atoms with E-state index >= 15 is 0 Å². The summed E-state index contributed by atoms with van der Waals surface area (Å²) in [5, 5.41) is 29.6. The predicted molar refractivity (Wildman–Crippen MR) is 216 cm³/mol. The van der Waals surface area contributed by atoms with E-state index in [-0.39, 0.29) is 52.2 Å². The number of rotatable bonds is 9. The quantitative estimate of drug-likeness (QED) is 0.130. The van der Waals surface area contributed by atoms with E-state index in [0.717, 1.165) is 22.3 Å². The second kappa shape index (κ2) is 18.4. The van der Waals surface area contributed by atoms with Crippen LogP contribution in [0.1, 0.15) is 75.9 Å². The van der Waals surface area contributed by atoms with E-state index in [0.29, 0.717) is 11.0 Å². The van der Waals surface area contributed by atoms with Crippen LogP contribution in [-0.4, -0.2) is 36.1 Å². The zero-order chi connectivity index (χ0) is 42.2. The zero-order valence-corrected chi connectivity index (χ0v) is 33.7. The number of carboxylic acids is 1. The molecule has 2 aromatic heterocycles. The molecule has 6 aromatic rings. The lowest BCUT2D eigenvalue weighted by Gasteiger charge is -2.19. The normalized spacial score (nSPS) is 12.3. The minimum atomic E-state index is -1.06. The molecule has 0 saturated carbocycles. The molecule has 296 valence electrons. The lowest BCUT2D eigenvalue weighted by molar-refractivity contribution is -0.137. The first-order valence-corrected chi connectivity index (χ1v) is 18.4. The highest BCUT2D eigenvalue weighted by Gasteiger charge is 2.21. The Kier molecular flexibility index (Phi) is 14.2. The van der Waals surface area contributed by atoms with Crippen LogP contribution in [0.15, 0.2) is 85.5 Å². The van der Waals surface area contributed by atoms with E-state index in [4.69, 9.17) is 39.3 Å². The smallest absolute Gasteiger partial charge is 0.323 e. The van der Waals surface area contributed by atoms with Crippen molar-refractivity contribution in [3.05, 3.63) is 129 Å². The molecule has 0 fully saturated rings. The zero-order valence-electron chi connectivity index (χ0n) is 32.2. The van der Waals surface area contributed by atoms with E-state index < -0.39 is 28.4 Å².